The quantitative estimate of drug-likeness (QED) is 0.594. The molecule has 1 rings (SSSR count). The van der Waals surface area contributed by atoms with Crippen LogP contribution >= 0.6 is 0 Å². The Balaban J connectivity index is 3.02. The zero-order chi connectivity index (χ0) is 12.9. The van der Waals surface area contributed by atoms with Crippen LogP contribution in [0.3, 0.4) is 0 Å². The van der Waals surface area contributed by atoms with Crippen molar-refractivity contribution in [2.45, 2.75) is 24.7 Å². The standard InChI is InChI=1S/C11H16N2O3S/c1-2-3-4-13-10-5-9(8-14)6-11(7-10)17(12,15)16/h5-8,13H,2-4H2,1H3,(H2,12,15,16). The van der Waals surface area contributed by atoms with Crippen LogP contribution in [0.1, 0.15) is 30.1 Å². The summed E-state index contributed by atoms with van der Waals surface area (Å²) in [5.41, 5.74) is 0.877. The molecule has 0 unspecified atom stereocenters. The first-order valence-corrected chi connectivity index (χ1v) is 6.89. The van der Waals surface area contributed by atoms with Crippen molar-refractivity contribution >= 4 is 22.0 Å². The summed E-state index contributed by atoms with van der Waals surface area (Å²) in [6, 6.07) is 4.28. The molecule has 5 nitrogen and oxygen atoms in total. The minimum Gasteiger partial charge on any atom is -0.385 e. The number of carbonyl (C=O) groups excluding carboxylic acids is 1. The topological polar surface area (TPSA) is 89.3 Å². The van der Waals surface area contributed by atoms with Crippen molar-refractivity contribution in [1.29, 1.82) is 0 Å². The van der Waals surface area contributed by atoms with E-state index in [1.807, 2.05) is 0 Å². The number of anilines is 1. The highest BCUT2D eigenvalue weighted by molar-refractivity contribution is 7.89. The first kappa shape index (κ1) is 13.7. The van der Waals surface area contributed by atoms with Gasteiger partial charge in [-0.05, 0) is 24.6 Å². The highest BCUT2D eigenvalue weighted by atomic mass is 32.2. The lowest BCUT2D eigenvalue weighted by atomic mass is 10.2. The zero-order valence-electron chi connectivity index (χ0n) is 9.64. The Morgan fingerprint density at radius 2 is 2.06 bits per heavy atom. The van der Waals surface area contributed by atoms with E-state index in [-0.39, 0.29) is 10.5 Å². The Kier molecular flexibility index (Phi) is 4.65. The van der Waals surface area contributed by atoms with Crippen LogP contribution in [0, 0.1) is 0 Å². The van der Waals surface area contributed by atoms with Crippen LogP contribution in [0.15, 0.2) is 23.1 Å². The van der Waals surface area contributed by atoms with Crippen LogP contribution in [0.25, 0.3) is 0 Å². The summed E-state index contributed by atoms with van der Waals surface area (Å²) in [5.74, 6) is 0. The van der Waals surface area contributed by atoms with Crippen LogP contribution in [-0.4, -0.2) is 21.2 Å². The van der Waals surface area contributed by atoms with Gasteiger partial charge in [-0.3, -0.25) is 4.79 Å². The molecule has 94 valence electrons. The van der Waals surface area contributed by atoms with E-state index in [9.17, 15) is 13.2 Å². The van der Waals surface area contributed by atoms with Crippen LogP contribution in [-0.2, 0) is 10.0 Å². The minimum absolute atomic E-state index is 0.0545. The van der Waals surface area contributed by atoms with Gasteiger partial charge in [0.15, 0.2) is 0 Å². The van der Waals surface area contributed by atoms with Gasteiger partial charge in [0.2, 0.25) is 10.0 Å². The SMILES string of the molecule is CCCCNc1cc(C=O)cc(S(N)(=O)=O)c1. The lowest BCUT2D eigenvalue weighted by molar-refractivity contribution is 0.112. The fourth-order valence-corrected chi connectivity index (χ4v) is 1.96. The third-order valence-corrected chi connectivity index (χ3v) is 3.15. The maximum absolute atomic E-state index is 11.2. The van der Waals surface area contributed by atoms with Crippen molar-refractivity contribution in [2.24, 2.45) is 5.14 Å². The number of benzene rings is 1. The molecule has 0 spiro atoms. The van der Waals surface area contributed by atoms with Crippen LogP contribution in [0.4, 0.5) is 5.69 Å². The van der Waals surface area contributed by atoms with Gasteiger partial charge in [0.05, 0.1) is 4.90 Å². The number of nitrogens with one attached hydrogen (secondary N) is 1. The van der Waals surface area contributed by atoms with Gasteiger partial charge in [0.1, 0.15) is 6.29 Å². The molecular formula is C11H16N2O3S. The molecule has 1 aromatic rings. The highest BCUT2D eigenvalue weighted by Gasteiger charge is 2.10. The number of sulfonamides is 1. The number of nitrogens with two attached hydrogens (primary N) is 1. The third kappa shape index (κ3) is 4.16. The van der Waals surface area contributed by atoms with E-state index >= 15 is 0 Å². The summed E-state index contributed by atoms with van der Waals surface area (Å²) in [6.45, 7) is 2.78. The van der Waals surface area contributed by atoms with Crippen LogP contribution < -0.4 is 10.5 Å². The average molecular weight is 256 g/mol. The summed E-state index contributed by atoms with van der Waals surface area (Å²) in [7, 11) is -3.79. The van der Waals surface area contributed by atoms with Crippen molar-refractivity contribution in [3.63, 3.8) is 0 Å². The molecule has 17 heavy (non-hydrogen) atoms. The molecule has 0 saturated heterocycles. The summed E-state index contributed by atoms with van der Waals surface area (Å²) in [5, 5.41) is 8.09. The summed E-state index contributed by atoms with van der Waals surface area (Å²) in [4.78, 5) is 10.6. The fraction of sp³-hybridized carbons (Fsp3) is 0.364. The van der Waals surface area contributed by atoms with Gasteiger partial charge in [0.25, 0.3) is 0 Å². The molecule has 0 aliphatic heterocycles. The Bertz CT molecular complexity index is 497. The molecule has 0 amide bonds. The lowest BCUT2D eigenvalue weighted by Crippen LogP contribution is -2.13. The van der Waals surface area contributed by atoms with E-state index in [2.05, 4.69) is 12.2 Å². The second-order valence-corrected chi connectivity index (χ2v) is 5.30. The molecule has 0 saturated carbocycles. The van der Waals surface area contributed by atoms with E-state index in [0.717, 1.165) is 19.4 Å². The van der Waals surface area contributed by atoms with Gasteiger partial charge in [-0.15, -0.1) is 0 Å². The lowest BCUT2D eigenvalue weighted by Gasteiger charge is -2.08. The molecule has 0 heterocycles. The van der Waals surface area contributed by atoms with Gasteiger partial charge >= 0.3 is 0 Å². The molecule has 0 aromatic heterocycles. The molecular weight excluding hydrogens is 240 g/mol. The monoisotopic (exact) mass is 256 g/mol. The van der Waals surface area contributed by atoms with E-state index in [0.29, 0.717) is 12.0 Å². The first-order chi connectivity index (χ1) is 7.97. The smallest absolute Gasteiger partial charge is 0.238 e. The molecule has 0 aliphatic carbocycles. The van der Waals surface area contributed by atoms with Gasteiger partial charge in [-0.25, -0.2) is 13.6 Å². The first-order valence-electron chi connectivity index (χ1n) is 5.34. The van der Waals surface area contributed by atoms with Crippen LogP contribution in [0.2, 0.25) is 0 Å². The van der Waals surface area contributed by atoms with E-state index in [1.54, 1.807) is 6.07 Å². The summed E-state index contributed by atoms with van der Waals surface area (Å²) in [6.07, 6.45) is 2.60. The Hall–Kier alpha value is -1.40. The number of carbonyl (C=O) groups is 1. The maximum atomic E-state index is 11.2. The zero-order valence-corrected chi connectivity index (χ0v) is 10.5. The molecule has 0 fully saturated rings. The highest BCUT2D eigenvalue weighted by Crippen LogP contribution is 2.17. The number of rotatable bonds is 6. The maximum Gasteiger partial charge on any atom is 0.238 e. The Morgan fingerprint density at radius 3 is 2.59 bits per heavy atom. The number of hydrogen-bond acceptors (Lipinski definition) is 4. The molecule has 0 atom stereocenters. The molecule has 0 bridgehead atoms. The molecule has 0 aliphatic rings. The average Bonchev–Trinajstić information content (AvgIpc) is 2.28. The van der Waals surface area contributed by atoms with E-state index < -0.39 is 10.0 Å². The summed E-state index contributed by atoms with van der Waals surface area (Å²) < 4.78 is 22.4. The van der Waals surface area contributed by atoms with Crippen molar-refractivity contribution < 1.29 is 13.2 Å². The number of primary sulfonamides is 1. The normalized spacial score (nSPS) is 11.2. The molecule has 0 radical (unpaired) electrons. The van der Waals surface area contributed by atoms with Gasteiger partial charge in [-0.2, -0.15) is 0 Å². The molecule has 3 N–H and O–H groups in total. The third-order valence-electron chi connectivity index (χ3n) is 2.25. The molecule has 6 heteroatoms. The van der Waals surface area contributed by atoms with E-state index in [4.69, 9.17) is 5.14 Å². The van der Waals surface area contributed by atoms with Crippen molar-refractivity contribution in [3.05, 3.63) is 23.8 Å². The Morgan fingerprint density at radius 1 is 1.35 bits per heavy atom. The number of aldehydes is 1. The van der Waals surface area contributed by atoms with Crippen molar-refractivity contribution in [1.82, 2.24) is 0 Å². The van der Waals surface area contributed by atoms with Crippen molar-refractivity contribution in [3.8, 4) is 0 Å². The van der Waals surface area contributed by atoms with Gasteiger partial charge in [0, 0.05) is 17.8 Å². The molecule has 1 aromatic carbocycles. The summed E-state index contributed by atoms with van der Waals surface area (Å²) >= 11 is 0. The predicted octanol–water partition coefficient (Wildman–Crippen LogP) is 1.36. The number of unbranched alkanes of at least 4 members (excludes halogenated alkanes) is 1. The van der Waals surface area contributed by atoms with Crippen LogP contribution in [0.5, 0.6) is 0 Å². The second kappa shape index (κ2) is 5.79. The largest absolute Gasteiger partial charge is 0.385 e. The van der Waals surface area contributed by atoms with Crippen molar-refractivity contribution in [2.75, 3.05) is 11.9 Å². The number of hydrogen-bond donors (Lipinski definition) is 2. The second-order valence-electron chi connectivity index (χ2n) is 3.73. The van der Waals surface area contributed by atoms with Gasteiger partial charge in [-0.1, -0.05) is 13.3 Å². The van der Waals surface area contributed by atoms with E-state index in [1.165, 1.54) is 12.1 Å². The predicted molar refractivity (Wildman–Crippen MR) is 66.6 cm³/mol. The Labute approximate surface area is 101 Å². The minimum atomic E-state index is -3.79. The van der Waals surface area contributed by atoms with Gasteiger partial charge < -0.3 is 5.32 Å². The fourth-order valence-electron chi connectivity index (χ4n) is 1.37.